The van der Waals surface area contributed by atoms with E-state index in [1.165, 1.54) is 14.0 Å². The molecule has 4 aliphatic carbocycles. The van der Waals surface area contributed by atoms with Gasteiger partial charge in [0.05, 0.1) is 25.9 Å². The molecule has 290 valence electrons. The Kier molecular flexibility index (Phi) is 9.27. The van der Waals surface area contributed by atoms with Crippen LogP contribution in [0.15, 0.2) is 59.7 Å². The van der Waals surface area contributed by atoms with Crippen molar-refractivity contribution in [2.75, 3.05) is 25.6 Å². The number of hydrogen-bond acceptors (Lipinski definition) is 7. The molecular formula is C40H48F5NO7. The zero-order chi connectivity index (χ0) is 38.2. The third-order valence-corrected chi connectivity index (χ3v) is 13.0. The van der Waals surface area contributed by atoms with E-state index in [-0.39, 0.29) is 37.7 Å². The lowest BCUT2D eigenvalue weighted by atomic mass is 9.49. The van der Waals surface area contributed by atoms with E-state index in [0.717, 1.165) is 11.1 Å². The number of fused-ring (bicyclic) bond motifs is 4. The van der Waals surface area contributed by atoms with Gasteiger partial charge >= 0.3 is 18.2 Å². The summed E-state index contributed by atoms with van der Waals surface area (Å²) in [6.07, 6.45) is -5.76. The lowest BCUT2D eigenvalue weighted by molar-refractivity contribution is -0.362. The number of aliphatic hydroxyl groups is 2. The van der Waals surface area contributed by atoms with Crippen molar-refractivity contribution in [3.05, 3.63) is 70.8 Å². The van der Waals surface area contributed by atoms with Crippen LogP contribution in [-0.2, 0) is 20.8 Å². The first-order valence-corrected chi connectivity index (χ1v) is 18.3. The Morgan fingerprint density at radius 3 is 2.21 bits per heavy atom. The zero-order valence-electron chi connectivity index (χ0n) is 30.5. The predicted molar refractivity (Wildman–Crippen MR) is 184 cm³/mol. The van der Waals surface area contributed by atoms with E-state index < -0.39 is 64.8 Å². The number of benzene rings is 2. The normalized spacial score (nSPS) is 33.5. The summed E-state index contributed by atoms with van der Waals surface area (Å²) in [5.74, 6) is -7.40. The third-order valence-electron chi connectivity index (χ3n) is 13.0. The summed E-state index contributed by atoms with van der Waals surface area (Å²) < 4.78 is 96.0. The van der Waals surface area contributed by atoms with Crippen LogP contribution in [0.2, 0.25) is 0 Å². The van der Waals surface area contributed by atoms with Gasteiger partial charge in [0, 0.05) is 35.3 Å². The molecule has 2 aromatic rings. The Labute approximate surface area is 306 Å². The number of anilines is 1. The topological polar surface area (TPSA) is 106 Å². The molecule has 0 radical (unpaired) electrons. The highest BCUT2D eigenvalue weighted by Gasteiger charge is 2.79. The average Bonchev–Trinajstić information content (AvgIpc) is 3.39. The van der Waals surface area contributed by atoms with Gasteiger partial charge in [-0.15, -0.1) is 0 Å². The fourth-order valence-corrected chi connectivity index (χ4v) is 10.1. The van der Waals surface area contributed by atoms with Gasteiger partial charge in [-0.2, -0.15) is 22.0 Å². The molecule has 6 atom stereocenters. The van der Waals surface area contributed by atoms with Gasteiger partial charge in [-0.1, -0.05) is 50.6 Å². The Hall–Kier alpha value is -3.26. The van der Waals surface area contributed by atoms with Crippen LogP contribution in [0.4, 0.5) is 32.4 Å². The summed E-state index contributed by atoms with van der Waals surface area (Å²) in [4.78, 5) is 12.5. The Balaban J connectivity index is 1.20. The van der Waals surface area contributed by atoms with Gasteiger partial charge < -0.3 is 29.2 Å². The van der Waals surface area contributed by atoms with Gasteiger partial charge in [-0.05, 0) is 91.3 Å². The number of hydrogen-bond donors (Lipinski definition) is 3. The second-order valence-corrected chi connectivity index (χ2v) is 16.9. The molecule has 13 heteroatoms. The second-order valence-electron chi connectivity index (χ2n) is 16.9. The Morgan fingerprint density at radius 2 is 1.58 bits per heavy atom. The van der Waals surface area contributed by atoms with Gasteiger partial charge in [0.1, 0.15) is 18.0 Å². The number of carbonyl (C=O) groups is 1. The standard InChI is InChI=1S/C40H48F5NO7/c1-34(2)22-52-37(53-23-34)17-14-31-32-28(13-16-36(31,48)21-37)30-15-18-38(49,39(41,42)40(43,44)45)35(30,3)19-29(32)25-7-5-24(6-8-25)20-51-33(47)46-26-9-11-27(50-4)12-10-26/h5-12,28-30,48-49H,13-23H2,1-4H3,(H,46,47)/t28-,29+,30-,35-,36+,38-/m0/s1. The van der Waals surface area contributed by atoms with Crippen LogP contribution in [0.1, 0.15) is 89.2 Å². The largest absolute Gasteiger partial charge is 0.497 e. The molecule has 8 nitrogen and oxygen atoms in total. The summed E-state index contributed by atoms with van der Waals surface area (Å²) in [5.41, 5.74) is -3.16. The molecule has 7 rings (SSSR count). The van der Waals surface area contributed by atoms with E-state index in [1.54, 1.807) is 48.5 Å². The van der Waals surface area contributed by atoms with Crippen LogP contribution in [-0.4, -0.2) is 65.7 Å². The van der Waals surface area contributed by atoms with E-state index in [1.807, 2.05) is 13.8 Å². The molecule has 3 saturated carbocycles. The highest BCUT2D eigenvalue weighted by Crippen LogP contribution is 2.71. The molecule has 0 aromatic heterocycles. The van der Waals surface area contributed by atoms with Gasteiger partial charge in [0.25, 0.3) is 0 Å². The Bertz CT molecular complexity index is 1730. The number of ether oxygens (including phenoxy) is 4. The molecule has 5 aliphatic rings. The van der Waals surface area contributed by atoms with Crippen LogP contribution < -0.4 is 10.1 Å². The van der Waals surface area contributed by atoms with Crippen molar-refractivity contribution < 1.29 is 55.9 Å². The monoisotopic (exact) mass is 749 g/mol. The maximum atomic E-state index is 15.4. The van der Waals surface area contributed by atoms with Gasteiger partial charge in [0.2, 0.25) is 0 Å². The quantitative estimate of drug-likeness (QED) is 0.201. The van der Waals surface area contributed by atoms with E-state index in [9.17, 15) is 28.2 Å². The van der Waals surface area contributed by atoms with Crippen LogP contribution in [0.5, 0.6) is 5.75 Å². The fourth-order valence-electron chi connectivity index (χ4n) is 10.1. The number of allylic oxidation sites excluding steroid dienone is 1. The first-order chi connectivity index (χ1) is 24.8. The molecule has 0 bridgehead atoms. The smallest absolute Gasteiger partial charge is 0.456 e. The molecule has 1 spiro atoms. The number of nitrogens with one attached hydrogen (secondary N) is 1. The molecule has 4 fully saturated rings. The highest BCUT2D eigenvalue weighted by molar-refractivity contribution is 5.84. The SMILES string of the molecule is COc1ccc(NC(=O)OCc2ccc([C@H]3C[C@@]4(C)[C@@H](CC[C@@]4(O)C(F)(F)C(F)(F)F)[C@@H]4CC[C@@]5(O)CC6(CCC5=C43)OCC(C)(C)CO6)cc2)cc1. The molecule has 0 unspecified atom stereocenters. The minimum atomic E-state index is -5.94. The van der Waals surface area contributed by atoms with Crippen molar-refractivity contribution in [1.82, 2.24) is 0 Å². The van der Waals surface area contributed by atoms with Crippen molar-refractivity contribution in [2.45, 2.75) is 114 Å². The number of methoxy groups -OCH3 is 1. The maximum Gasteiger partial charge on any atom is 0.456 e. The van der Waals surface area contributed by atoms with Crippen LogP contribution in [0, 0.1) is 22.7 Å². The molecule has 1 aliphatic heterocycles. The number of amides is 1. The van der Waals surface area contributed by atoms with E-state index >= 15 is 8.78 Å². The lowest BCUT2D eigenvalue weighted by Crippen LogP contribution is -2.65. The minimum absolute atomic E-state index is 0.00533. The summed E-state index contributed by atoms with van der Waals surface area (Å²) in [5, 5.41) is 26.7. The third kappa shape index (κ3) is 6.33. The van der Waals surface area contributed by atoms with Crippen molar-refractivity contribution in [3.8, 4) is 5.75 Å². The van der Waals surface area contributed by atoms with E-state index in [4.69, 9.17) is 18.9 Å². The molecule has 2 aromatic carbocycles. The van der Waals surface area contributed by atoms with Gasteiger partial charge in [-0.3, -0.25) is 5.32 Å². The summed E-state index contributed by atoms with van der Waals surface area (Å²) in [6.45, 7) is 6.32. The first kappa shape index (κ1) is 38.0. The number of alkyl halides is 5. The molecule has 53 heavy (non-hydrogen) atoms. The van der Waals surface area contributed by atoms with Crippen molar-refractivity contribution in [3.63, 3.8) is 0 Å². The molecule has 1 amide bonds. The summed E-state index contributed by atoms with van der Waals surface area (Å²) in [6, 6.07) is 13.7. The molecular weight excluding hydrogens is 701 g/mol. The fraction of sp³-hybridized carbons (Fsp3) is 0.625. The number of rotatable bonds is 6. The molecule has 3 N–H and O–H groups in total. The predicted octanol–water partition coefficient (Wildman–Crippen LogP) is 8.67. The van der Waals surface area contributed by atoms with Crippen LogP contribution in [0.25, 0.3) is 0 Å². The van der Waals surface area contributed by atoms with Crippen LogP contribution in [0.3, 0.4) is 0 Å². The molecule has 1 saturated heterocycles. The minimum Gasteiger partial charge on any atom is -0.497 e. The zero-order valence-corrected chi connectivity index (χ0v) is 30.5. The highest BCUT2D eigenvalue weighted by atomic mass is 19.4. The maximum absolute atomic E-state index is 15.4. The Morgan fingerprint density at radius 1 is 0.925 bits per heavy atom. The lowest BCUT2D eigenvalue weighted by Gasteiger charge is -2.59. The van der Waals surface area contributed by atoms with Crippen molar-refractivity contribution >= 4 is 11.8 Å². The van der Waals surface area contributed by atoms with Crippen LogP contribution >= 0.6 is 0 Å². The molecule has 1 heterocycles. The van der Waals surface area contributed by atoms with Gasteiger partial charge in [-0.25, -0.2) is 4.79 Å². The second kappa shape index (κ2) is 12.9. The van der Waals surface area contributed by atoms with Crippen molar-refractivity contribution in [2.24, 2.45) is 22.7 Å². The van der Waals surface area contributed by atoms with E-state index in [2.05, 4.69) is 5.32 Å². The number of halogens is 5. The average molecular weight is 750 g/mol. The first-order valence-electron chi connectivity index (χ1n) is 18.3. The summed E-state index contributed by atoms with van der Waals surface area (Å²) >= 11 is 0. The van der Waals surface area contributed by atoms with E-state index in [0.29, 0.717) is 55.0 Å². The summed E-state index contributed by atoms with van der Waals surface area (Å²) in [7, 11) is 1.53. The van der Waals surface area contributed by atoms with Gasteiger partial charge in [0.15, 0.2) is 5.79 Å². The number of carbonyl (C=O) groups excluding carboxylic acids is 1. The van der Waals surface area contributed by atoms with Crippen molar-refractivity contribution in [1.29, 1.82) is 0 Å².